The van der Waals surface area contributed by atoms with Crippen LogP contribution in [0.25, 0.3) is 0 Å². The molecule has 1 unspecified atom stereocenters. The summed E-state index contributed by atoms with van der Waals surface area (Å²) in [5, 5.41) is 0. The summed E-state index contributed by atoms with van der Waals surface area (Å²) in [7, 11) is 0. The molecule has 11 nitrogen and oxygen atoms in total. The summed E-state index contributed by atoms with van der Waals surface area (Å²) in [4.78, 5) is 53.7. The van der Waals surface area contributed by atoms with Crippen molar-refractivity contribution < 1.29 is 38.1 Å². The Morgan fingerprint density at radius 3 is 1.05 bits per heavy atom. The van der Waals surface area contributed by atoms with Crippen molar-refractivity contribution in [2.24, 2.45) is 5.73 Å². The number of carbonyl (C=O) groups excluding carboxylic acids is 4. The van der Waals surface area contributed by atoms with Gasteiger partial charge in [-0.2, -0.15) is 0 Å². The summed E-state index contributed by atoms with van der Waals surface area (Å²) >= 11 is 0. The quantitative estimate of drug-likeness (QED) is 0.285. The third-order valence-corrected chi connectivity index (χ3v) is 4.31. The first-order valence-corrected chi connectivity index (χ1v) is 12.9. The minimum Gasteiger partial charge on any atom is -0.459 e. The second-order valence-electron chi connectivity index (χ2n) is 13.3. The number of nitrogens with zero attached hydrogens (tertiary/aromatic N) is 2. The Kier molecular flexibility index (Phi) is 13.4. The van der Waals surface area contributed by atoms with E-state index in [4.69, 9.17) is 24.7 Å². The van der Waals surface area contributed by atoms with Crippen LogP contribution in [0.5, 0.6) is 0 Å². The minimum atomic E-state index is -0.730. The molecule has 0 amide bonds. The van der Waals surface area contributed by atoms with E-state index < -0.39 is 52.3 Å². The zero-order valence-corrected chi connectivity index (χ0v) is 25.6. The maximum Gasteiger partial charge on any atom is 0.320 e. The third-order valence-electron chi connectivity index (χ3n) is 4.31. The second-order valence-corrected chi connectivity index (χ2v) is 13.3. The molecule has 0 bridgehead atoms. The Hall–Kier alpha value is -2.24. The molecule has 0 saturated carbocycles. The van der Waals surface area contributed by atoms with Gasteiger partial charge in [-0.3, -0.25) is 29.0 Å². The molecule has 0 aromatic carbocycles. The van der Waals surface area contributed by atoms with Crippen LogP contribution in [0.2, 0.25) is 0 Å². The monoisotopic (exact) mass is 545 g/mol. The maximum atomic E-state index is 12.7. The molecule has 0 radical (unpaired) electrons. The molecule has 0 rings (SSSR count). The average Bonchev–Trinajstić information content (AvgIpc) is 2.58. The molecule has 2 N–H and O–H groups in total. The molecule has 0 fully saturated rings. The van der Waals surface area contributed by atoms with Crippen LogP contribution in [0.4, 0.5) is 0 Å². The van der Waals surface area contributed by atoms with Gasteiger partial charge in [0.1, 0.15) is 22.4 Å². The fourth-order valence-electron chi connectivity index (χ4n) is 3.33. The van der Waals surface area contributed by atoms with Crippen LogP contribution >= 0.6 is 0 Å². The van der Waals surface area contributed by atoms with E-state index in [0.717, 1.165) is 0 Å². The molecule has 0 aliphatic rings. The molecule has 0 heterocycles. The first-order valence-electron chi connectivity index (χ1n) is 12.9. The van der Waals surface area contributed by atoms with Crippen LogP contribution in [0.1, 0.15) is 83.1 Å². The van der Waals surface area contributed by atoms with Crippen molar-refractivity contribution in [2.45, 2.75) is 112 Å². The Morgan fingerprint density at radius 2 is 0.816 bits per heavy atom. The number of esters is 4. The van der Waals surface area contributed by atoms with Crippen molar-refractivity contribution in [2.75, 3.05) is 39.3 Å². The molecular weight excluding hydrogens is 494 g/mol. The van der Waals surface area contributed by atoms with Gasteiger partial charge < -0.3 is 24.7 Å². The van der Waals surface area contributed by atoms with E-state index in [1.807, 2.05) is 0 Å². The van der Waals surface area contributed by atoms with E-state index >= 15 is 0 Å². The van der Waals surface area contributed by atoms with E-state index in [-0.39, 0.29) is 39.3 Å². The van der Waals surface area contributed by atoms with Gasteiger partial charge in [0.25, 0.3) is 0 Å². The molecule has 0 aliphatic heterocycles. The third kappa shape index (κ3) is 18.9. The first kappa shape index (κ1) is 35.8. The lowest BCUT2D eigenvalue weighted by atomic mass is 10.1. The molecule has 0 aromatic rings. The van der Waals surface area contributed by atoms with Crippen LogP contribution in [0, 0.1) is 0 Å². The highest BCUT2D eigenvalue weighted by Gasteiger charge is 2.31. The number of hydrogen-bond acceptors (Lipinski definition) is 11. The molecule has 0 aliphatic carbocycles. The van der Waals surface area contributed by atoms with Crippen molar-refractivity contribution in [3.05, 3.63) is 0 Å². The van der Waals surface area contributed by atoms with Gasteiger partial charge in [-0.1, -0.05) is 0 Å². The Bertz CT molecular complexity index is 741. The molecule has 1 atom stereocenters. The van der Waals surface area contributed by atoms with Gasteiger partial charge >= 0.3 is 23.9 Å². The van der Waals surface area contributed by atoms with E-state index in [0.29, 0.717) is 0 Å². The average molecular weight is 546 g/mol. The molecule has 0 saturated heterocycles. The van der Waals surface area contributed by atoms with Crippen LogP contribution in [0.15, 0.2) is 0 Å². The molecule has 11 heteroatoms. The van der Waals surface area contributed by atoms with Gasteiger partial charge in [-0.25, -0.2) is 0 Å². The molecule has 0 spiro atoms. The Morgan fingerprint density at radius 1 is 0.553 bits per heavy atom. The van der Waals surface area contributed by atoms with Gasteiger partial charge in [0.15, 0.2) is 0 Å². The highest BCUT2D eigenvalue weighted by atomic mass is 16.6. The SMILES string of the molecule is CC(C)(C)OC(=O)CN(CC(=O)OC(C)(C)C)CC(CN)N(CC(=O)OC(C)(C)C)CC(=O)OC(C)(C)C. The number of hydrogen-bond donors (Lipinski definition) is 1. The zero-order valence-electron chi connectivity index (χ0n) is 25.6. The van der Waals surface area contributed by atoms with E-state index in [9.17, 15) is 19.2 Å². The highest BCUT2D eigenvalue weighted by molar-refractivity contribution is 5.76. The molecule has 222 valence electrons. The van der Waals surface area contributed by atoms with Crippen LogP contribution in [0.3, 0.4) is 0 Å². The van der Waals surface area contributed by atoms with Gasteiger partial charge in [0, 0.05) is 19.1 Å². The van der Waals surface area contributed by atoms with Gasteiger partial charge in [0.05, 0.1) is 26.2 Å². The fraction of sp³-hybridized carbons (Fsp3) is 0.852. The number of carbonyl (C=O) groups is 4. The topological polar surface area (TPSA) is 138 Å². The van der Waals surface area contributed by atoms with Gasteiger partial charge in [-0.15, -0.1) is 0 Å². The van der Waals surface area contributed by atoms with Crippen molar-refractivity contribution >= 4 is 23.9 Å². The fourth-order valence-corrected chi connectivity index (χ4v) is 3.33. The molecular formula is C27H51N3O8. The van der Waals surface area contributed by atoms with Gasteiger partial charge in [-0.05, 0) is 83.1 Å². The highest BCUT2D eigenvalue weighted by Crippen LogP contribution is 2.14. The van der Waals surface area contributed by atoms with E-state index in [2.05, 4.69) is 0 Å². The maximum absolute atomic E-state index is 12.7. The van der Waals surface area contributed by atoms with Crippen LogP contribution in [-0.2, 0) is 38.1 Å². The largest absolute Gasteiger partial charge is 0.459 e. The summed E-state index contributed by atoms with van der Waals surface area (Å²) in [5.74, 6) is -2.18. The minimum absolute atomic E-state index is 0.0186. The van der Waals surface area contributed by atoms with Crippen LogP contribution < -0.4 is 5.73 Å². The molecule has 38 heavy (non-hydrogen) atoms. The standard InChI is InChI=1S/C27H51N3O8/c1-24(2,3)35-20(31)15-29(16-21(32)36-25(4,5)6)14-19(13-28)30(17-22(33)37-26(7,8)9)18-23(34)38-27(10,11)12/h19H,13-18,28H2,1-12H3. The smallest absolute Gasteiger partial charge is 0.320 e. The van der Waals surface area contributed by atoms with E-state index in [1.54, 1.807) is 88.0 Å². The predicted molar refractivity (Wildman–Crippen MR) is 144 cm³/mol. The van der Waals surface area contributed by atoms with Crippen molar-refractivity contribution in [3.8, 4) is 0 Å². The summed E-state index contributed by atoms with van der Waals surface area (Å²) < 4.78 is 21.8. The first-order chi connectivity index (χ1) is 16.9. The Labute approximate surface area is 228 Å². The summed E-state index contributed by atoms with van der Waals surface area (Å²) in [6.07, 6.45) is 0. The van der Waals surface area contributed by atoms with Crippen LogP contribution in [-0.4, -0.2) is 101 Å². The van der Waals surface area contributed by atoms with E-state index in [1.165, 1.54) is 4.90 Å². The number of rotatable bonds is 12. The second kappa shape index (κ2) is 14.2. The van der Waals surface area contributed by atoms with Crippen molar-refractivity contribution in [3.63, 3.8) is 0 Å². The lowest BCUT2D eigenvalue weighted by molar-refractivity contribution is -0.164. The van der Waals surface area contributed by atoms with Crippen molar-refractivity contribution in [1.29, 1.82) is 0 Å². The zero-order chi connectivity index (χ0) is 30.1. The normalized spacial score (nSPS) is 13.8. The lowest BCUT2D eigenvalue weighted by Crippen LogP contribution is -2.54. The molecule has 0 aromatic heterocycles. The van der Waals surface area contributed by atoms with Gasteiger partial charge in [0.2, 0.25) is 0 Å². The predicted octanol–water partition coefficient (Wildman–Crippen LogP) is 2.28. The van der Waals surface area contributed by atoms with Crippen molar-refractivity contribution in [1.82, 2.24) is 9.80 Å². The summed E-state index contributed by atoms with van der Waals surface area (Å²) in [6.45, 7) is 20.1. The number of nitrogens with two attached hydrogens (primary N) is 1. The lowest BCUT2D eigenvalue weighted by Gasteiger charge is -2.35. The summed E-state index contributed by atoms with van der Waals surface area (Å²) in [5.41, 5.74) is 3.19. The Balaban J connectivity index is 5.98. The summed E-state index contributed by atoms with van der Waals surface area (Å²) in [6, 6.07) is -0.611. The number of ether oxygens (including phenoxy) is 4.